The molecular formula is C18H38N4O4+2. The van der Waals surface area contributed by atoms with Gasteiger partial charge in [-0.3, -0.25) is 4.79 Å². The summed E-state index contributed by atoms with van der Waals surface area (Å²) in [7, 11) is 6.22. The number of hydrazine groups is 1. The summed E-state index contributed by atoms with van der Waals surface area (Å²) in [4.78, 5) is 18.4. The molecule has 0 aliphatic heterocycles. The lowest BCUT2D eigenvalue weighted by Crippen LogP contribution is -2.46. The zero-order chi connectivity index (χ0) is 20.0. The molecule has 1 aliphatic carbocycles. The van der Waals surface area contributed by atoms with Gasteiger partial charge in [-0.2, -0.15) is 0 Å². The van der Waals surface area contributed by atoms with Crippen LogP contribution in [0.25, 0.3) is 0 Å². The van der Waals surface area contributed by atoms with Gasteiger partial charge >= 0.3 is 5.97 Å². The van der Waals surface area contributed by atoms with Crippen molar-refractivity contribution >= 4 is 5.97 Å². The van der Waals surface area contributed by atoms with Crippen molar-refractivity contribution in [3.63, 3.8) is 0 Å². The maximum atomic E-state index is 12.1. The second-order valence-corrected chi connectivity index (χ2v) is 9.00. The molecule has 0 unspecified atom stereocenters. The van der Waals surface area contributed by atoms with Gasteiger partial charge in [0.2, 0.25) is 0 Å². The molecule has 1 rings (SSSR count). The molecule has 1 fully saturated rings. The van der Waals surface area contributed by atoms with Crippen molar-refractivity contribution in [2.24, 2.45) is 11.2 Å². The lowest BCUT2D eigenvalue weighted by molar-refractivity contribution is -0.949. The number of ether oxygens (including phenoxy) is 1. The van der Waals surface area contributed by atoms with Crippen LogP contribution >= 0.6 is 0 Å². The molecule has 152 valence electrons. The van der Waals surface area contributed by atoms with Crippen LogP contribution in [0, 0.1) is 5.92 Å². The van der Waals surface area contributed by atoms with Crippen LogP contribution in [0.3, 0.4) is 0 Å². The standard InChI is InChI=1S/C18H38N4O4/c1-8-20(18(2,3)4)21(24)19-26-16-11-9-15(10-12-16)17(23)25-14-13-22(5,6)7/h15-16H,8-14H2,1-7H3,(H,19,24)/q+2/t15-,16+. The number of likely N-dealkylation sites (N-methyl/N-ethyl adjacent to an activating group) is 1. The fraction of sp³-hybridized carbons (Fsp3) is 0.944. The Morgan fingerprint density at radius 1 is 1.23 bits per heavy atom. The monoisotopic (exact) mass is 374 g/mol. The van der Waals surface area contributed by atoms with E-state index in [2.05, 4.69) is 26.4 Å². The summed E-state index contributed by atoms with van der Waals surface area (Å²) in [5, 5.41) is 15.6. The van der Waals surface area contributed by atoms with Gasteiger partial charge in [0.05, 0.1) is 39.1 Å². The van der Waals surface area contributed by atoms with Gasteiger partial charge in [0.1, 0.15) is 19.3 Å². The second-order valence-electron chi connectivity index (χ2n) is 9.00. The molecule has 0 bridgehead atoms. The van der Waals surface area contributed by atoms with Crippen LogP contribution in [0.1, 0.15) is 53.4 Å². The molecule has 1 N–H and O–H groups in total. The highest BCUT2D eigenvalue weighted by atomic mass is 16.7. The molecule has 26 heavy (non-hydrogen) atoms. The maximum Gasteiger partial charge on any atom is 0.309 e. The summed E-state index contributed by atoms with van der Waals surface area (Å²) in [6.07, 6.45) is 2.83. The molecule has 1 aliphatic rings. The van der Waals surface area contributed by atoms with E-state index in [4.69, 9.17) is 9.57 Å². The Morgan fingerprint density at radius 3 is 2.27 bits per heavy atom. The highest BCUT2D eigenvalue weighted by molar-refractivity contribution is 5.72. The van der Waals surface area contributed by atoms with Crippen LogP contribution in [0.5, 0.6) is 0 Å². The molecule has 0 amide bonds. The molecule has 0 heterocycles. The number of carbonyl (C=O) groups excluding carboxylic acids is 1. The Morgan fingerprint density at radius 2 is 1.81 bits per heavy atom. The number of carbonyl (C=O) groups is 1. The number of esters is 1. The van der Waals surface area contributed by atoms with Crippen molar-refractivity contribution in [2.75, 3.05) is 40.8 Å². The fourth-order valence-corrected chi connectivity index (χ4v) is 2.96. The summed E-state index contributed by atoms with van der Waals surface area (Å²) in [5.41, 5.74) is -0.260. The normalized spacial score (nSPS) is 22.0. The summed E-state index contributed by atoms with van der Waals surface area (Å²) in [5.74, 6) is -0.170. The Bertz CT molecular complexity index is 475. The Hall–Kier alpha value is -1.57. The Kier molecular flexibility index (Phi) is 8.12. The molecule has 0 aromatic rings. The first kappa shape index (κ1) is 22.5. The minimum absolute atomic E-state index is 0.0609. The van der Waals surface area contributed by atoms with E-state index in [0.717, 1.165) is 41.7 Å². The van der Waals surface area contributed by atoms with Gasteiger partial charge in [-0.15, -0.1) is 5.01 Å². The quantitative estimate of drug-likeness (QED) is 0.232. The van der Waals surface area contributed by atoms with Crippen molar-refractivity contribution < 1.29 is 29.0 Å². The van der Waals surface area contributed by atoms with E-state index >= 15 is 0 Å². The van der Waals surface area contributed by atoms with E-state index < -0.39 is 0 Å². The zero-order valence-electron chi connectivity index (χ0n) is 17.6. The SMILES string of the molecule is CCN(/[N+](O)=N/O[C@H]1CC[C@@H](C(=O)OCC[N+](C)(C)C)CC1)C(C)(C)C. The molecule has 0 atom stereocenters. The van der Waals surface area contributed by atoms with Crippen molar-refractivity contribution in [1.29, 1.82) is 0 Å². The summed E-state index contributed by atoms with van der Waals surface area (Å²) in [6.45, 7) is 9.78. The number of rotatable bonds is 8. The van der Waals surface area contributed by atoms with Crippen LogP contribution in [0.4, 0.5) is 0 Å². The van der Waals surface area contributed by atoms with Gasteiger partial charge in [0.15, 0.2) is 0 Å². The van der Waals surface area contributed by atoms with E-state index in [-0.39, 0.29) is 23.5 Å². The maximum absolute atomic E-state index is 12.1. The largest absolute Gasteiger partial charge is 0.459 e. The van der Waals surface area contributed by atoms with Crippen molar-refractivity contribution in [2.45, 2.75) is 65.0 Å². The van der Waals surface area contributed by atoms with Gasteiger partial charge in [0, 0.05) is 0 Å². The molecule has 0 aromatic heterocycles. The van der Waals surface area contributed by atoms with E-state index in [1.54, 1.807) is 5.01 Å². The molecular weight excluding hydrogens is 336 g/mol. The summed E-state index contributed by atoms with van der Waals surface area (Å²) in [6, 6.07) is 0. The van der Waals surface area contributed by atoms with Crippen molar-refractivity contribution in [3.8, 4) is 0 Å². The minimum Gasteiger partial charge on any atom is -0.459 e. The third-order valence-electron chi connectivity index (χ3n) is 4.57. The van der Waals surface area contributed by atoms with E-state index in [0.29, 0.717) is 13.2 Å². The molecule has 0 radical (unpaired) electrons. The van der Waals surface area contributed by atoms with E-state index in [1.165, 1.54) is 0 Å². The third kappa shape index (κ3) is 7.76. The first-order chi connectivity index (χ1) is 11.9. The average Bonchev–Trinajstić information content (AvgIpc) is 2.51. The van der Waals surface area contributed by atoms with Gasteiger partial charge < -0.3 is 14.1 Å². The zero-order valence-corrected chi connectivity index (χ0v) is 17.6. The number of hydrogen-bond donors (Lipinski definition) is 1. The van der Waals surface area contributed by atoms with Crippen molar-refractivity contribution in [3.05, 3.63) is 0 Å². The average molecular weight is 375 g/mol. The lowest BCUT2D eigenvalue weighted by atomic mass is 9.87. The smallest absolute Gasteiger partial charge is 0.309 e. The summed E-state index contributed by atoms with van der Waals surface area (Å²) < 4.78 is 6.17. The van der Waals surface area contributed by atoms with Crippen molar-refractivity contribution in [1.82, 2.24) is 5.01 Å². The second kappa shape index (κ2) is 9.39. The Balaban J connectivity index is 2.39. The highest BCUT2D eigenvalue weighted by Gasteiger charge is 2.33. The van der Waals surface area contributed by atoms with Crippen LogP contribution in [-0.2, 0) is 14.4 Å². The molecule has 8 nitrogen and oxygen atoms in total. The molecule has 8 heteroatoms. The van der Waals surface area contributed by atoms with Crippen LogP contribution in [-0.4, -0.2) is 78.1 Å². The number of hydrogen-bond acceptors (Lipinski definition) is 4. The minimum atomic E-state index is -0.260. The van der Waals surface area contributed by atoms with Crippen LogP contribution in [0.2, 0.25) is 0 Å². The lowest BCUT2D eigenvalue weighted by Gasteiger charge is -2.27. The fourth-order valence-electron chi connectivity index (χ4n) is 2.96. The predicted octanol–water partition coefficient (Wildman–Crippen LogP) is 2.62. The predicted molar refractivity (Wildman–Crippen MR) is 97.3 cm³/mol. The third-order valence-corrected chi connectivity index (χ3v) is 4.57. The molecule has 0 aromatic carbocycles. The van der Waals surface area contributed by atoms with Gasteiger partial charge in [0.25, 0.3) is 10.2 Å². The summed E-state index contributed by atoms with van der Waals surface area (Å²) >= 11 is 0. The molecule has 0 spiro atoms. The first-order valence-electron chi connectivity index (χ1n) is 9.54. The first-order valence-corrected chi connectivity index (χ1v) is 9.54. The van der Waals surface area contributed by atoms with E-state index in [9.17, 15) is 10.0 Å². The Labute approximate surface area is 157 Å². The van der Waals surface area contributed by atoms with Gasteiger partial charge in [-0.05, 0) is 53.4 Å². The highest BCUT2D eigenvalue weighted by Crippen LogP contribution is 2.27. The number of nitrogens with zero attached hydrogens (tertiary/aromatic N) is 4. The van der Waals surface area contributed by atoms with Gasteiger partial charge in [-0.25, -0.2) is 5.21 Å². The molecule has 1 saturated carbocycles. The van der Waals surface area contributed by atoms with Gasteiger partial charge in [-0.1, -0.05) is 0 Å². The molecule has 0 saturated heterocycles. The van der Waals surface area contributed by atoms with Crippen LogP contribution in [0.15, 0.2) is 5.28 Å². The van der Waals surface area contributed by atoms with E-state index in [1.807, 2.05) is 27.7 Å². The van der Waals surface area contributed by atoms with Crippen LogP contribution < -0.4 is 0 Å². The topological polar surface area (TPSA) is 74.4 Å². The number of quaternary nitrogens is 1.